The van der Waals surface area contributed by atoms with Crippen molar-refractivity contribution in [3.63, 3.8) is 0 Å². The van der Waals surface area contributed by atoms with Crippen LogP contribution in [0.5, 0.6) is 0 Å². The summed E-state index contributed by atoms with van der Waals surface area (Å²) < 4.78 is 26.0. The van der Waals surface area contributed by atoms with Gasteiger partial charge < -0.3 is 5.73 Å². The molecule has 16 heavy (non-hydrogen) atoms. The average molecular weight is 307 g/mol. The van der Waals surface area contributed by atoms with Crippen LogP contribution in [0.2, 0.25) is 0 Å². The van der Waals surface area contributed by atoms with Crippen LogP contribution in [-0.2, 0) is 15.4 Å². The molecule has 0 aliphatic carbocycles. The lowest BCUT2D eigenvalue weighted by Crippen LogP contribution is -2.26. The van der Waals surface area contributed by atoms with Gasteiger partial charge in [0.1, 0.15) is 0 Å². The Morgan fingerprint density at radius 3 is 2.38 bits per heavy atom. The van der Waals surface area contributed by atoms with Crippen molar-refractivity contribution in [2.24, 2.45) is 5.73 Å². The lowest BCUT2D eigenvalue weighted by Gasteiger charge is -2.06. The van der Waals surface area contributed by atoms with Crippen LogP contribution in [0.1, 0.15) is 12.0 Å². The maximum Gasteiger partial charge on any atom is 0.240 e. The topological polar surface area (TPSA) is 72.2 Å². The Morgan fingerprint density at radius 1 is 1.25 bits per heavy atom. The fourth-order valence-electron chi connectivity index (χ4n) is 1.15. The van der Waals surface area contributed by atoms with Gasteiger partial charge in [-0.1, -0.05) is 28.1 Å². The first-order valence-corrected chi connectivity index (χ1v) is 7.55. The summed E-state index contributed by atoms with van der Waals surface area (Å²) in [6.07, 6.45) is 0.638. The highest BCUT2D eigenvalue weighted by Crippen LogP contribution is 2.12. The number of alkyl halides is 1. The normalized spacial score (nSPS) is 11.6. The molecule has 0 aliphatic rings. The summed E-state index contributed by atoms with van der Waals surface area (Å²) in [4.78, 5) is 0.286. The van der Waals surface area contributed by atoms with Crippen molar-refractivity contribution < 1.29 is 8.42 Å². The number of nitrogens with one attached hydrogen (secondary N) is 1. The minimum atomic E-state index is -3.38. The van der Waals surface area contributed by atoms with Crippen LogP contribution in [0.3, 0.4) is 0 Å². The monoisotopic (exact) mass is 306 g/mol. The fourth-order valence-corrected chi connectivity index (χ4v) is 2.60. The molecule has 0 aliphatic heterocycles. The van der Waals surface area contributed by atoms with Crippen molar-refractivity contribution in [2.75, 3.05) is 13.1 Å². The molecule has 0 saturated carbocycles. The minimum Gasteiger partial charge on any atom is -0.330 e. The van der Waals surface area contributed by atoms with Gasteiger partial charge in [0.25, 0.3) is 0 Å². The maximum absolute atomic E-state index is 11.7. The highest BCUT2D eigenvalue weighted by atomic mass is 79.9. The molecule has 4 nitrogen and oxygen atoms in total. The van der Waals surface area contributed by atoms with E-state index < -0.39 is 10.0 Å². The van der Waals surface area contributed by atoms with Crippen LogP contribution in [0.15, 0.2) is 29.2 Å². The van der Waals surface area contributed by atoms with Gasteiger partial charge >= 0.3 is 0 Å². The fraction of sp³-hybridized carbons (Fsp3) is 0.400. The molecule has 0 unspecified atom stereocenters. The Balaban J connectivity index is 2.74. The summed E-state index contributed by atoms with van der Waals surface area (Å²) in [5.41, 5.74) is 6.34. The lowest BCUT2D eigenvalue weighted by molar-refractivity contribution is 0.579. The van der Waals surface area contributed by atoms with Gasteiger partial charge in [0.2, 0.25) is 10.0 Å². The smallest absolute Gasteiger partial charge is 0.240 e. The van der Waals surface area contributed by atoms with E-state index in [4.69, 9.17) is 5.73 Å². The van der Waals surface area contributed by atoms with Crippen LogP contribution in [0.25, 0.3) is 0 Å². The van der Waals surface area contributed by atoms with E-state index in [2.05, 4.69) is 20.7 Å². The number of sulfonamides is 1. The Bertz CT molecular complexity index is 417. The zero-order chi connectivity index (χ0) is 12.0. The van der Waals surface area contributed by atoms with E-state index >= 15 is 0 Å². The van der Waals surface area contributed by atoms with Crippen molar-refractivity contribution in [3.8, 4) is 0 Å². The van der Waals surface area contributed by atoms with E-state index in [0.717, 1.165) is 5.56 Å². The van der Waals surface area contributed by atoms with Gasteiger partial charge in [0.05, 0.1) is 4.90 Å². The molecule has 90 valence electrons. The van der Waals surface area contributed by atoms with Crippen LogP contribution in [-0.4, -0.2) is 21.5 Å². The molecule has 0 aromatic heterocycles. The molecular weight excluding hydrogens is 292 g/mol. The standard InChI is InChI=1S/C10H15BrN2O2S/c11-8-9-2-4-10(5-3-9)16(14,15)13-7-1-6-12/h2-5,13H,1,6-8,12H2. The van der Waals surface area contributed by atoms with Crippen molar-refractivity contribution in [1.82, 2.24) is 4.72 Å². The van der Waals surface area contributed by atoms with Gasteiger partial charge in [0.15, 0.2) is 0 Å². The van der Waals surface area contributed by atoms with Crippen LogP contribution in [0.4, 0.5) is 0 Å². The van der Waals surface area contributed by atoms with Crippen molar-refractivity contribution in [1.29, 1.82) is 0 Å². The van der Waals surface area contributed by atoms with E-state index in [-0.39, 0.29) is 4.90 Å². The molecule has 0 amide bonds. The van der Waals surface area contributed by atoms with Gasteiger partial charge in [-0.25, -0.2) is 13.1 Å². The predicted molar refractivity (Wildman–Crippen MR) is 67.9 cm³/mol. The molecule has 0 spiro atoms. The summed E-state index contributed by atoms with van der Waals surface area (Å²) in [6, 6.07) is 6.77. The lowest BCUT2D eigenvalue weighted by atomic mass is 10.2. The van der Waals surface area contributed by atoms with E-state index in [1.54, 1.807) is 24.3 Å². The molecule has 0 atom stereocenters. The minimum absolute atomic E-state index is 0.286. The zero-order valence-corrected chi connectivity index (χ0v) is 11.2. The number of hydrogen-bond acceptors (Lipinski definition) is 3. The SMILES string of the molecule is NCCCNS(=O)(=O)c1ccc(CBr)cc1. The summed E-state index contributed by atoms with van der Waals surface area (Å²) in [7, 11) is -3.38. The molecule has 0 radical (unpaired) electrons. The molecule has 0 heterocycles. The molecule has 1 aromatic carbocycles. The van der Waals surface area contributed by atoms with E-state index in [9.17, 15) is 8.42 Å². The summed E-state index contributed by atoms with van der Waals surface area (Å²) in [5.74, 6) is 0. The highest BCUT2D eigenvalue weighted by molar-refractivity contribution is 9.08. The van der Waals surface area contributed by atoms with Gasteiger partial charge in [-0.15, -0.1) is 0 Å². The van der Waals surface area contributed by atoms with Gasteiger partial charge in [-0.2, -0.15) is 0 Å². The molecule has 3 N–H and O–H groups in total. The van der Waals surface area contributed by atoms with Crippen molar-refractivity contribution in [2.45, 2.75) is 16.6 Å². The van der Waals surface area contributed by atoms with Crippen LogP contribution < -0.4 is 10.5 Å². The Hall–Kier alpha value is -0.430. The Labute approximate surface area is 104 Å². The second kappa shape index (κ2) is 6.34. The first-order chi connectivity index (χ1) is 7.60. The molecular formula is C10H15BrN2O2S. The average Bonchev–Trinajstić information content (AvgIpc) is 2.29. The largest absolute Gasteiger partial charge is 0.330 e. The first kappa shape index (κ1) is 13.6. The molecule has 1 rings (SSSR count). The molecule has 6 heteroatoms. The quantitative estimate of drug-likeness (QED) is 0.613. The van der Waals surface area contributed by atoms with E-state index in [1.165, 1.54) is 0 Å². The third kappa shape index (κ3) is 3.86. The number of benzene rings is 1. The third-order valence-electron chi connectivity index (χ3n) is 2.06. The first-order valence-electron chi connectivity index (χ1n) is 4.95. The Morgan fingerprint density at radius 2 is 1.88 bits per heavy atom. The molecule has 0 fully saturated rings. The van der Waals surface area contributed by atoms with Gasteiger partial charge in [-0.05, 0) is 30.7 Å². The van der Waals surface area contributed by atoms with E-state index in [0.29, 0.717) is 24.8 Å². The molecule has 1 aromatic rings. The second-order valence-corrected chi connectivity index (χ2v) is 5.65. The summed E-state index contributed by atoms with van der Waals surface area (Å²) >= 11 is 3.30. The number of rotatable bonds is 6. The zero-order valence-electron chi connectivity index (χ0n) is 8.82. The molecule has 0 saturated heterocycles. The van der Waals surface area contributed by atoms with Crippen molar-refractivity contribution >= 4 is 26.0 Å². The van der Waals surface area contributed by atoms with Crippen LogP contribution >= 0.6 is 15.9 Å². The maximum atomic E-state index is 11.7. The van der Waals surface area contributed by atoms with E-state index in [1.807, 2.05) is 0 Å². The summed E-state index contributed by atoms with van der Waals surface area (Å²) in [5, 5.41) is 0.716. The van der Waals surface area contributed by atoms with Crippen LogP contribution in [0, 0.1) is 0 Å². The van der Waals surface area contributed by atoms with Gasteiger partial charge in [-0.3, -0.25) is 0 Å². The number of halogens is 1. The van der Waals surface area contributed by atoms with Crippen molar-refractivity contribution in [3.05, 3.63) is 29.8 Å². The summed E-state index contributed by atoms with van der Waals surface area (Å²) in [6.45, 7) is 0.851. The predicted octanol–water partition coefficient (Wildman–Crippen LogP) is 1.21. The highest BCUT2D eigenvalue weighted by Gasteiger charge is 2.12. The number of hydrogen-bond donors (Lipinski definition) is 2. The second-order valence-electron chi connectivity index (χ2n) is 3.32. The van der Waals surface area contributed by atoms with Gasteiger partial charge in [0, 0.05) is 11.9 Å². The molecule has 0 bridgehead atoms. The third-order valence-corrected chi connectivity index (χ3v) is 4.19. The number of nitrogens with two attached hydrogens (primary N) is 1. The Kier molecular flexibility index (Phi) is 5.40.